The van der Waals surface area contributed by atoms with Crippen LogP contribution in [0.1, 0.15) is 44.2 Å². The minimum atomic E-state index is -0.109. The van der Waals surface area contributed by atoms with E-state index >= 15 is 0 Å². The fourth-order valence-corrected chi connectivity index (χ4v) is 3.99. The van der Waals surface area contributed by atoms with Gasteiger partial charge in [0.25, 0.3) is 0 Å². The van der Waals surface area contributed by atoms with E-state index in [0.717, 1.165) is 25.2 Å². The highest BCUT2D eigenvalue weighted by atomic mass is 16.5. The van der Waals surface area contributed by atoms with Gasteiger partial charge in [-0.05, 0) is 38.3 Å². The van der Waals surface area contributed by atoms with Gasteiger partial charge in [0.1, 0.15) is 0 Å². The average Bonchev–Trinajstić information content (AvgIpc) is 2.96. The van der Waals surface area contributed by atoms with E-state index in [0.29, 0.717) is 17.8 Å². The first-order chi connectivity index (χ1) is 10.3. The number of aliphatic hydroxyl groups is 1. The predicted octanol–water partition coefficient (Wildman–Crippen LogP) is 2.61. The maximum atomic E-state index is 10.3. The van der Waals surface area contributed by atoms with Crippen LogP contribution in [0.5, 0.6) is 5.88 Å². The summed E-state index contributed by atoms with van der Waals surface area (Å²) in [7, 11) is 1.66. The molecule has 1 aromatic heterocycles. The minimum Gasteiger partial charge on any atom is -0.481 e. The van der Waals surface area contributed by atoms with Crippen molar-refractivity contribution in [2.24, 2.45) is 5.92 Å². The van der Waals surface area contributed by atoms with Crippen LogP contribution < -0.4 is 4.74 Å². The molecule has 1 aliphatic carbocycles. The number of likely N-dealkylation sites (tertiary alicyclic amines) is 1. The van der Waals surface area contributed by atoms with E-state index in [9.17, 15) is 5.11 Å². The van der Waals surface area contributed by atoms with Crippen LogP contribution in [0.3, 0.4) is 0 Å². The van der Waals surface area contributed by atoms with Gasteiger partial charge in [-0.25, -0.2) is 4.98 Å². The van der Waals surface area contributed by atoms with Crippen LogP contribution >= 0.6 is 0 Å². The number of rotatable bonds is 4. The third-order valence-corrected chi connectivity index (χ3v) is 5.05. The van der Waals surface area contributed by atoms with Gasteiger partial charge in [-0.15, -0.1) is 0 Å². The summed E-state index contributed by atoms with van der Waals surface area (Å²) in [5.74, 6) is 1.13. The van der Waals surface area contributed by atoms with Crippen LogP contribution in [0.4, 0.5) is 0 Å². The summed E-state index contributed by atoms with van der Waals surface area (Å²) >= 11 is 0. The van der Waals surface area contributed by atoms with Gasteiger partial charge in [-0.3, -0.25) is 4.90 Å². The lowest BCUT2D eigenvalue weighted by molar-refractivity contribution is 0.0198. The van der Waals surface area contributed by atoms with Gasteiger partial charge in [0.05, 0.1) is 18.9 Å². The summed E-state index contributed by atoms with van der Waals surface area (Å²) in [4.78, 5) is 7.04. The Balaban J connectivity index is 1.68. The molecule has 3 unspecified atom stereocenters. The molecule has 1 N–H and O–H groups in total. The zero-order valence-corrected chi connectivity index (χ0v) is 12.9. The lowest BCUT2D eigenvalue weighted by Crippen LogP contribution is -2.42. The van der Waals surface area contributed by atoms with E-state index in [-0.39, 0.29) is 6.10 Å². The first-order valence-electron chi connectivity index (χ1n) is 8.20. The molecular weight excluding hydrogens is 264 g/mol. The Morgan fingerprint density at radius 1 is 1.24 bits per heavy atom. The fraction of sp³-hybridized carbons (Fsp3) is 0.706. The third-order valence-electron chi connectivity index (χ3n) is 5.05. The molecule has 1 saturated heterocycles. The minimum absolute atomic E-state index is 0.109. The van der Waals surface area contributed by atoms with E-state index in [4.69, 9.17) is 4.74 Å². The second kappa shape index (κ2) is 6.75. The van der Waals surface area contributed by atoms with E-state index in [2.05, 4.69) is 16.0 Å². The molecule has 3 atom stereocenters. The average molecular weight is 290 g/mol. The van der Waals surface area contributed by atoms with Gasteiger partial charge in [0.2, 0.25) is 5.88 Å². The molecule has 0 radical (unpaired) electrons. The lowest BCUT2D eigenvalue weighted by atomic mass is 9.80. The molecule has 2 fully saturated rings. The summed E-state index contributed by atoms with van der Waals surface area (Å²) in [5.41, 5.74) is 1.06. The maximum absolute atomic E-state index is 10.3. The van der Waals surface area contributed by atoms with Crippen LogP contribution in [0.2, 0.25) is 0 Å². The van der Waals surface area contributed by atoms with Crippen molar-refractivity contribution in [2.75, 3.05) is 13.7 Å². The fourth-order valence-electron chi connectivity index (χ4n) is 3.99. The number of methoxy groups -OCH3 is 1. The van der Waals surface area contributed by atoms with Crippen molar-refractivity contribution in [3.8, 4) is 5.88 Å². The molecule has 1 aromatic rings. The standard InChI is InChI=1S/C17H26N2O2/c1-21-17-10-4-6-13(18-17)12-19-11-5-8-15(19)14-7-2-3-9-16(14)20/h4,6,10,14-16,20H,2-3,5,7-9,11-12H2,1H3. The van der Waals surface area contributed by atoms with Crippen LogP contribution in [0, 0.1) is 5.92 Å². The summed E-state index contributed by atoms with van der Waals surface area (Å²) in [6.45, 7) is 1.98. The van der Waals surface area contributed by atoms with Gasteiger partial charge >= 0.3 is 0 Å². The molecule has 2 heterocycles. The Bertz CT molecular complexity index is 466. The molecule has 4 nitrogen and oxygen atoms in total. The number of nitrogens with zero attached hydrogens (tertiary/aromatic N) is 2. The highest BCUT2D eigenvalue weighted by Crippen LogP contribution is 2.35. The van der Waals surface area contributed by atoms with Crippen molar-refractivity contribution in [1.29, 1.82) is 0 Å². The topological polar surface area (TPSA) is 45.6 Å². The van der Waals surface area contributed by atoms with Crippen molar-refractivity contribution >= 4 is 0 Å². The SMILES string of the molecule is COc1cccc(CN2CCCC2C2CCCCC2O)n1. The summed E-state index contributed by atoms with van der Waals surface area (Å²) in [6, 6.07) is 6.47. The molecule has 116 valence electrons. The molecule has 0 spiro atoms. The Kier molecular flexibility index (Phi) is 4.76. The number of hydrogen-bond donors (Lipinski definition) is 1. The van der Waals surface area contributed by atoms with Crippen molar-refractivity contribution < 1.29 is 9.84 Å². The van der Waals surface area contributed by atoms with Gasteiger partial charge in [-0.2, -0.15) is 0 Å². The lowest BCUT2D eigenvalue weighted by Gasteiger charge is -2.37. The van der Waals surface area contributed by atoms with Gasteiger partial charge in [0, 0.05) is 24.6 Å². The van der Waals surface area contributed by atoms with Gasteiger partial charge < -0.3 is 9.84 Å². The van der Waals surface area contributed by atoms with E-state index in [1.165, 1.54) is 32.1 Å². The maximum Gasteiger partial charge on any atom is 0.213 e. The predicted molar refractivity (Wildman–Crippen MR) is 82.2 cm³/mol. The van der Waals surface area contributed by atoms with E-state index in [1.54, 1.807) is 7.11 Å². The molecule has 0 amide bonds. The summed E-state index contributed by atoms with van der Waals surface area (Å²) in [5, 5.41) is 10.3. The third kappa shape index (κ3) is 3.38. The van der Waals surface area contributed by atoms with Crippen LogP contribution in [0.25, 0.3) is 0 Å². The molecule has 3 rings (SSSR count). The van der Waals surface area contributed by atoms with Crippen LogP contribution in [-0.4, -0.2) is 40.8 Å². The van der Waals surface area contributed by atoms with E-state index in [1.807, 2.05) is 12.1 Å². The number of hydrogen-bond acceptors (Lipinski definition) is 4. The Morgan fingerprint density at radius 2 is 2.10 bits per heavy atom. The van der Waals surface area contributed by atoms with Crippen molar-refractivity contribution in [1.82, 2.24) is 9.88 Å². The second-order valence-electron chi connectivity index (χ2n) is 6.37. The van der Waals surface area contributed by atoms with Crippen LogP contribution in [0.15, 0.2) is 18.2 Å². The molecule has 4 heteroatoms. The molecule has 2 aliphatic rings. The zero-order chi connectivity index (χ0) is 14.7. The monoisotopic (exact) mass is 290 g/mol. The summed E-state index contributed by atoms with van der Waals surface area (Å²) < 4.78 is 5.21. The van der Waals surface area contributed by atoms with Crippen LogP contribution in [-0.2, 0) is 6.54 Å². The molecular formula is C17H26N2O2. The van der Waals surface area contributed by atoms with Crippen molar-refractivity contribution in [3.63, 3.8) is 0 Å². The molecule has 1 aliphatic heterocycles. The van der Waals surface area contributed by atoms with Gasteiger partial charge in [0.15, 0.2) is 0 Å². The largest absolute Gasteiger partial charge is 0.481 e. The first kappa shape index (κ1) is 14.8. The Morgan fingerprint density at radius 3 is 2.90 bits per heavy atom. The Hall–Kier alpha value is -1.13. The molecule has 1 saturated carbocycles. The number of aromatic nitrogens is 1. The highest BCUT2D eigenvalue weighted by molar-refractivity contribution is 5.16. The quantitative estimate of drug-likeness (QED) is 0.926. The molecule has 0 aromatic carbocycles. The summed E-state index contributed by atoms with van der Waals surface area (Å²) in [6.07, 6.45) is 6.94. The number of pyridine rings is 1. The Labute approximate surface area is 127 Å². The molecule has 21 heavy (non-hydrogen) atoms. The van der Waals surface area contributed by atoms with Crippen molar-refractivity contribution in [2.45, 2.75) is 57.2 Å². The zero-order valence-electron chi connectivity index (χ0n) is 12.9. The van der Waals surface area contributed by atoms with Crippen molar-refractivity contribution in [3.05, 3.63) is 23.9 Å². The van der Waals surface area contributed by atoms with E-state index < -0.39 is 0 Å². The highest BCUT2D eigenvalue weighted by Gasteiger charge is 2.36. The number of aliphatic hydroxyl groups excluding tert-OH is 1. The molecule has 0 bridgehead atoms. The normalized spacial score (nSPS) is 30.5. The first-order valence-corrected chi connectivity index (χ1v) is 8.20. The second-order valence-corrected chi connectivity index (χ2v) is 6.37. The smallest absolute Gasteiger partial charge is 0.213 e. The number of ether oxygens (including phenoxy) is 1. The van der Waals surface area contributed by atoms with Gasteiger partial charge in [-0.1, -0.05) is 18.9 Å².